The fraction of sp³-hybridized carbons (Fsp3) is 0.276. The predicted octanol–water partition coefficient (Wildman–Crippen LogP) is 5.39. The molecule has 11 nitrogen and oxygen atoms in total. The minimum absolute atomic E-state index is 0.0321. The smallest absolute Gasteiger partial charge is 0.323 e. The number of nitrogens with one attached hydrogen (secondary N) is 1. The number of aromatic nitrogens is 8. The summed E-state index contributed by atoms with van der Waals surface area (Å²) in [5.74, 6) is -2.62. The number of hydrogen-bond acceptors (Lipinski definition) is 7. The van der Waals surface area contributed by atoms with E-state index >= 15 is 8.78 Å². The van der Waals surface area contributed by atoms with E-state index in [-0.39, 0.29) is 34.8 Å². The molecule has 1 N–H and O–H groups in total. The van der Waals surface area contributed by atoms with Gasteiger partial charge in [-0.05, 0) is 37.1 Å². The highest BCUT2D eigenvalue weighted by molar-refractivity contribution is 6.31. The molecule has 0 radical (unpaired) electrons. The first-order chi connectivity index (χ1) is 21.8. The Labute approximate surface area is 261 Å². The van der Waals surface area contributed by atoms with E-state index in [0.717, 1.165) is 18.5 Å². The molecule has 1 amide bonds. The maximum absolute atomic E-state index is 15.4. The largest absolute Gasteiger partial charge is 0.436 e. The van der Waals surface area contributed by atoms with E-state index in [4.69, 9.17) is 11.6 Å². The van der Waals surface area contributed by atoms with Gasteiger partial charge in [0.2, 0.25) is 5.91 Å². The number of carbonyl (C=O) groups excluding carboxylic acids is 1. The van der Waals surface area contributed by atoms with Crippen molar-refractivity contribution in [2.45, 2.75) is 38.2 Å². The molecule has 3 atom stereocenters. The number of alkyl halides is 4. The van der Waals surface area contributed by atoms with Gasteiger partial charge in [-0.3, -0.25) is 23.8 Å². The fourth-order valence-corrected chi connectivity index (χ4v) is 5.48. The zero-order chi connectivity index (χ0) is 32.9. The van der Waals surface area contributed by atoms with Crippen LogP contribution in [0.2, 0.25) is 5.02 Å². The van der Waals surface area contributed by atoms with Gasteiger partial charge >= 0.3 is 6.18 Å². The maximum Gasteiger partial charge on any atom is 0.436 e. The highest BCUT2D eigenvalue weighted by Gasteiger charge is 2.35. The molecule has 0 spiro atoms. The number of halogens is 6. The molecule has 5 aromatic rings. The van der Waals surface area contributed by atoms with Gasteiger partial charge in [-0.1, -0.05) is 23.7 Å². The monoisotopic (exact) mass is 659 g/mol. The van der Waals surface area contributed by atoms with Gasteiger partial charge in [0.05, 0.1) is 69.7 Å². The van der Waals surface area contributed by atoms with Crippen molar-refractivity contribution in [1.82, 2.24) is 39.3 Å². The molecule has 5 heterocycles. The van der Waals surface area contributed by atoms with Gasteiger partial charge in [0.25, 0.3) is 5.56 Å². The molecular formula is C29H23ClF5N9O2. The van der Waals surface area contributed by atoms with E-state index in [1.165, 1.54) is 30.0 Å². The van der Waals surface area contributed by atoms with Crippen molar-refractivity contribution in [3.63, 3.8) is 0 Å². The number of benzene rings is 1. The molecule has 0 aliphatic carbocycles. The van der Waals surface area contributed by atoms with Crippen molar-refractivity contribution in [2.75, 3.05) is 5.32 Å². The van der Waals surface area contributed by atoms with Crippen molar-refractivity contribution in [2.24, 2.45) is 13.0 Å². The number of pyridine rings is 1. The lowest BCUT2D eigenvalue weighted by Gasteiger charge is -2.24. The normalized spacial score (nSPS) is 18.8. The second-order valence-corrected chi connectivity index (χ2v) is 11.1. The van der Waals surface area contributed by atoms with Crippen molar-refractivity contribution >= 4 is 23.2 Å². The molecule has 1 aliphatic heterocycles. The number of hydrogen-bond donors (Lipinski definition) is 1. The lowest BCUT2D eigenvalue weighted by atomic mass is 9.95. The van der Waals surface area contributed by atoms with Crippen LogP contribution < -0.4 is 10.9 Å². The zero-order valence-corrected chi connectivity index (χ0v) is 24.8. The third kappa shape index (κ3) is 5.63. The molecule has 46 heavy (non-hydrogen) atoms. The summed E-state index contributed by atoms with van der Waals surface area (Å²) in [6.45, 7) is 1.46. The third-order valence-corrected chi connectivity index (χ3v) is 8.09. The molecular weight excluding hydrogens is 637 g/mol. The van der Waals surface area contributed by atoms with Crippen LogP contribution in [0.5, 0.6) is 0 Å². The highest BCUT2D eigenvalue weighted by atomic mass is 35.5. The quantitative estimate of drug-likeness (QED) is 0.257. The van der Waals surface area contributed by atoms with Crippen LogP contribution in [0.4, 0.5) is 27.6 Å². The summed E-state index contributed by atoms with van der Waals surface area (Å²) in [7, 11) is 1.68. The van der Waals surface area contributed by atoms with E-state index < -0.39 is 47.3 Å². The molecule has 1 unspecified atom stereocenters. The standard InChI is InChI=1S/C29H23ClF5N9O2/c1-14-17(31)4-6-21(18-9-15(7-8-36-18)27-20(39-28(14)46)11-38-42(27)2)43-13-37-19(10-24(43)45)25-22(5-3-16(30)26(25)32)44-12-23(40-41-44)29(33,34)35/h3,5,7-14,17,21H,4,6H2,1-2H3,(H,39,46)/t14-,17?,21+/m1/s1. The van der Waals surface area contributed by atoms with E-state index in [1.807, 2.05) is 0 Å². The third-order valence-electron chi connectivity index (χ3n) is 7.80. The van der Waals surface area contributed by atoms with Crippen LogP contribution in [0.25, 0.3) is 28.2 Å². The van der Waals surface area contributed by atoms with Crippen molar-refractivity contribution in [3.05, 3.63) is 87.8 Å². The van der Waals surface area contributed by atoms with Crippen LogP contribution in [0, 0.1) is 11.7 Å². The van der Waals surface area contributed by atoms with Gasteiger partial charge in [-0.25, -0.2) is 18.4 Å². The molecule has 6 rings (SSSR count). The second-order valence-electron chi connectivity index (χ2n) is 10.7. The number of aryl methyl sites for hydroxylation is 1. The van der Waals surface area contributed by atoms with E-state index in [2.05, 4.69) is 30.7 Å². The number of fused-ring (bicyclic) bond motifs is 4. The first-order valence-electron chi connectivity index (χ1n) is 13.8. The summed E-state index contributed by atoms with van der Waals surface area (Å²) in [5, 5.41) is 13.2. The van der Waals surface area contributed by atoms with Crippen molar-refractivity contribution < 1.29 is 26.7 Å². The molecule has 0 saturated carbocycles. The summed E-state index contributed by atoms with van der Waals surface area (Å²) in [4.78, 5) is 35.2. The Morgan fingerprint density at radius 2 is 1.87 bits per heavy atom. The number of carbonyl (C=O) groups is 1. The number of amides is 1. The Balaban J connectivity index is 1.46. The fourth-order valence-electron chi connectivity index (χ4n) is 5.32. The second kappa shape index (κ2) is 11.7. The van der Waals surface area contributed by atoms with Crippen LogP contribution >= 0.6 is 11.6 Å². The lowest BCUT2D eigenvalue weighted by molar-refractivity contribution is -0.141. The van der Waals surface area contributed by atoms with Gasteiger partial charge in [0, 0.05) is 24.9 Å². The van der Waals surface area contributed by atoms with Gasteiger partial charge in [0.1, 0.15) is 6.17 Å². The Hall–Kier alpha value is -4.99. The average molecular weight is 660 g/mol. The SMILES string of the molecule is C[C@H]1C(=O)Nc2cnn(C)c2-c2ccnc(c2)[C@@H](n2cnc(-c3c(-n4cc(C(F)(F)F)nn4)ccc(Cl)c3F)cc2=O)CCC1F. The molecule has 0 saturated heterocycles. The van der Waals surface area contributed by atoms with Gasteiger partial charge in [-0.2, -0.15) is 18.3 Å². The minimum atomic E-state index is -4.81. The predicted molar refractivity (Wildman–Crippen MR) is 155 cm³/mol. The van der Waals surface area contributed by atoms with Crippen LogP contribution in [0.3, 0.4) is 0 Å². The van der Waals surface area contributed by atoms with Crippen LogP contribution in [-0.4, -0.2) is 51.4 Å². The molecule has 238 valence electrons. The zero-order valence-electron chi connectivity index (χ0n) is 24.0. The highest BCUT2D eigenvalue weighted by Crippen LogP contribution is 2.35. The molecule has 17 heteroatoms. The summed E-state index contributed by atoms with van der Waals surface area (Å²) in [5.41, 5.74) is -0.945. The molecule has 1 aliphatic rings. The van der Waals surface area contributed by atoms with E-state index in [1.54, 1.807) is 23.9 Å². The topological polar surface area (TPSA) is 125 Å². The van der Waals surface area contributed by atoms with Crippen molar-refractivity contribution in [3.8, 4) is 28.2 Å². The molecule has 4 aromatic heterocycles. The van der Waals surface area contributed by atoms with Gasteiger partial charge in [-0.15, -0.1) is 5.10 Å². The first-order valence-corrected chi connectivity index (χ1v) is 14.2. The van der Waals surface area contributed by atoms with Crippen molar-refractivity contribution in [1.29, 1.82) is 0 Å². The van der Waals surface area contributed by atoms with Gasteiger partial charge in [0.15, 0.2) is 11.5 Å². The van der Waals surface area contributed by atoms with Crippen LogP contribution in [0.1, 0.15) is 37.2 Å². The minimum Gasteiger partial charge on any atom is -0.323 e. The maximum atomic E-state index is 15.4. The number of nitrogens with zero attached hydrogens (tertiary/aromatic N) is 8. The van der Waals surface area contributed by atoms with Crippen LogP contribution in [0.15, 0.2) is 60.0 Å². The molecule has 0 fully saturated rings. The summed E-state index contributed by atoms with van der Waals surface area (Å²) in [6.07, 6.45) is -1.83. The first kappa shape index (κ1) is 31.0. The number of rotatable bonds is 3. The summed E-state index contributed by atoms with van der Waals surface area (Å²) >= 11 is 6.00. The summed E-state index contributed by atoms with van der Waals surface area (Å²) in [6, 6.07) is 5.85. The Kier molecular flexibility index (Phi) is 7.92. The lowest BCUT2D eigenvalue weighted by Crippen LogP contribution is -2.31. The molecule has 2 bridgehead atoms. The molecule has 1 aromatic carbocycles. The number of anilines is 1. The average Bonchev–Trinajstić information content (AvgIpc) is 3.66. The Bertz CT molecular complexity index is 2020. The van der Waals surface area contributed by atoms with E-state index in [9.17, 15) is 22.8 Å². The van der Waals surface area contributed by atoms with Gasteiger partial charge < -0.3 is 5.32 Å². The van der Waals surface area contributed by atoms with Crippen LogP contribution in [-0.2, 0) is 18.0 Å². The van der Waals surface area contributed by atoms with E-state index in [0.29, 0.717) is 33.5 Å². The Morgan fingerprint density at radius 3 is 2.59 bits per heavy atom. The Morgan fingerprint density at radius 1 is 1.09 bits per heavy atom. The summed E-state index contributed by atoms with van der Waals surface area (Å²) < 4.78 is 73.9.